The van der Waals surface area contributed by atoms with E-state index in [9.17, 15) is 13.6 Å². The molecule has 0 spiro atoms. The Balaban J connectivity index is 1.72. The monoisotopic (exact) mass is 422 g/mol. The Labute approximate surface area is 173 Å². The molecule has 29 heavy (non-hydrogen) atoms. The summed E-state index contributed by atoms with van der Waals surface area (Å²) in [5, 5.41) is 1.27. The summed E-state index contributed by atoms with van der Waals surface area (Å²) < 4.78 is 34.5. The Hall–Kier alpha value is -2.35. The van der Waals surface area contributed by atoms with Crippen molar-refractivity contribution in [3.05, 3.63) is 47.7 Å². The lowest BCUT2D eigenvalue weighted by molar-refractivity contribution is -0.0512. The lowest BCUT2D eigenvalue weighted by atomic mass is 10.1. The summed E-state index contributed by atoms with van der Waals surface area (Å²) in [6.45, 7) is -2.63. The summed E-state index contributed by atoms with van der Waals surface area (Å²) in [5.74, 6) is 0.0238. The highest BCUT2D eigenvalue weighted by Gasteiger charge is 2.22. The highest BCUT2D eigenvalue weighted by atomic mass is 32.2. The largest absolute Gasteiger partial charge is 0.493 e. The molecular formula is C21H24F2N2O3S. The maximum Gasteiger partial charge on any atom is 0.387 e. The van der Waals surface area contributed by atoms with Crippen LogP contribution in [0.25, 0.3) is 0 Å². The van der Waals surface area contributed by atoms with Gasteiger partial charge in [-0.05, 0) is 42.7 Å². The first-order valence-electron chi connectivity index (χ1n) is 9.46. The Bertz CT molecular complexity index is 844. The number of alkyl halides is 2. The third-order valence-corrected chi connectivity index (χ3v) is 6.15. The molecule has 0 bridgehead atoms. The van der Waals surface area contributed by atoms with E-state index in [1.165, 1.54) is 26.0 Å². The SMILES string of the molecule is COc1cc(CN(C)C(=O)c2cccnc2SC2CCCC2)ccc1OC(F)F. The van der Waals surface area contributed by atoms with Crippen molar-refractivity contribution in [1.29, 1.82) is 0 Å². The molecule has 1 amide bonds. The molecule has 5 nitrogen and oxygen atoms in total. The smallest absolute Gasteiger partial charge is 0.387 e. The van der Waals surface area contributed by atoms with Gasteiger partial charge in [0.15, 0.2) is 11.5 Å². The van der Waals surface area contributed by atoms with Gasteiger partial charge in [0.2, 0.25) is 0 Å². The van der Waals surface area contributed by atoms with Crippen LogP contribution in [0.4, 0.5) is 8.78 Å². The molecule has 1 aliphatic rings. The van der Waals surface area contributed by atoms with Gasteiger partial charge in [-0.25, -0.2) is 4.98 Å². The van der Waals surface area contributed by atoms with Crippen LogP contribution in [0.1, 0.15) is 41.6 Å². The maximum atomic E-state index is 13.0. The van der Waals surface area contributed by atoms with Crippen LogP contribution < -0.4 is 9.47 Å². The van der Waals surface area contributed by atoms with Crippen molar-refractivity contribution in [2.75, 3.05) is 14.2 Å². The number of carbonyl (C=O) groups is 1. The second-order valence-corrected chi connectivity index (χ2v) is 8.19. The Morgan fingerprint density at radius 1 is 1.28 bits per heavy atom. The quantitative estimate of drug-likeness (QED) is 0.599. The fraction of sp³-hybridized carbons (Fsp3) is 0.429. The summed E-state index contributed by atoms with van der Waals surface area (Å²) in [5.41, 5.74) is 1.32. The predicted octanol–water partition coefficient (Wildman–Crippen LogP) is 5.00. The van der Waals surface area contributed by atoms with Gasteiger partial charge in [-0.1, -0.05) is 18.9 Å². The van der Waals surface area contributed by atoms with Crippen molar-refractivity contribution < 1.29 is 23.0 Å². The van der Waals surface area contributed by atoms with Crippen molar-refractivity contribution in [2.24, 2.45) is 0 Å². The summed E-state index contributed by atoms with van der Waals surface area (Å²) in [7, 11) is 3.09. The number of ether oxygens (including phenoxy) is 2. The number of pyridine rings is 1. The van der Waals surface area contributed by atoms with E-state index >= 15 is 0 Å². The number of halogens is 2. The third-order valence-electron chi connectivity index (χ3n) is 4.79. The molecule has 1 aromatic heterocycles. The first kappa shape index (κ1) is 21.4. The molecule has 1 saturated carbocycles. The van der Waals surface area contributed by atoms with Gasteiger partial charge in [-0.15, -0.1) is 11.8 Å². The number of carbonyl (C=O) groups excluding carboxylic acids is 1. The maximum absolute atomic E-state index is 13.0. The number of thioether (sulfide) groups is 1. The summed E-state index contributed by atoms with van der Waals surface area (Å²) in [6.07, 6.45) is 6.46. The molecule has 8 heteroatoms. The molecule has 156 valence electrons. The van der Waals surface area contributed by atoms with Gasteiger partial charge in [0, 0.05) is 25.0 Å². The normalized spacial score (nSPS) is 14.2. The predicted molar refractivity (Wildman–Crippen MR) is 108 cm³/mol. The van der Waals surface area contributed by atoms with E-state index < -0.39 is 6.61 Å². The van der Waals surface area contributed by atoms with Crippen molar-refractivity contribution in [3.63, 3.8) is 0 Å². The minimum absolute atomic E-state index is 0.0391. The third kappa shape index (κ3) is 5.59. The highest BCUT2D eigenvalue weighted by molar-refractivity contribution is 7.99. The van der Waals surface area contributed by atoms with Crippen LogP contribution in [0.3, 0.4) is 0 Å². The molecule has 1 aromatic carbocycles. The second-order valence-electron chi connectivity index (χ2n) is 6.91. The van der Waals surface area contributed by atoms with Crippen LogP contribution in [0.15, 0.2) is 41.6 Å². The van der Waals surface area contributed by atoms with Crippen LogP contribution in [0, 0.1) is 0 Å². The van der Waals surface area contributed by atoms with E-state index in [-0.39, 0.29) is 17.4 Å². The number of rotatable bonds is 8. The second kappa shape index (κ2) is 9.91. The number of nitrogens with zero attached hydrogens (tertiary/aromatic N) is 2. The van der Waals surface area contributed by atoms with Gasteiger partial charge < -0.3 is 14.4 Å². The van der Waals surface area contributed by atoms with E-state index in [0.717, 1.165) is 23.4 Å². The van der Waals surface area contributed by atoms with Crippen LogP contribution in [-0.4, -0.2) is 41.8 Å². The molecule has 0 aliphatic heterocycles. The average Bonchev–Trinajstić information content (AvgIpc) is 3.21. The van der Waals surface area contributed by atoms with E-state index in [0.29, 0.717) is 17.4 Å². The summed E-state index contributed by atoms with van der Waals surface area (Å²) in [6, 6.07) is 8.22. The van der Waals surface area contributed by atoms with Crippen LogP contribution in [0.5, 0.6) is 11.5 Å². The zero-order valence-corrected chi connectivity index (χ0v) is 17.3. The van der Waals surface area contributed by atoms with Gasteiger partial charge in [-0.2, -0.15) is 8.78 Å². The molecule has 2 aromatic rings. The number of benzene rings is 1. The van der Waals surface area contributed by atoms with Gasteiger partial charge >= 0.3 is 6.61 Å². The van der Waals surface area contributed by atoms with Crippen molar-refractivity contribution in [3.8, 4) is 11.5 Å². The lowest BCUT2D eigenvalue weighted by Crippen LogP contribution is -2.27. The Morgan fingerprint density at radius 2 is 2.03 bits per heavy atom. The van der Waals surface area contributed by atoms with Crippen molar-refractivity contribution in [1.82, 2.24) is 9.88 Å². The summed E-state index contributed by atoms with van der Waals surface area (Å²) >= 11 is 1.68. The van der Waals surface area contributed by atoms with E-state index in [2.05, 4.69) is 9.72 Å². The minimum Gasteiger partial charge on any atom is -0.493 e. The standard InChI is InChI=1S/C21H24F2N2O3S/c1-25(13-14-9-10-17(28-21(22)23)18(12-14)27-2)20(26)16-8-5-11-24-19(16)29-15-6-3-4-7-15/h5,8-12,15,21H,3-4,6-7,13H2,1-2H3. The molecule has 0 unspecified atom stereocenters. The molecule has 3 rings (SSSR count). The first-order valence-corrected chi connectivity index (χ1v) is 10.3. The number of hydrogen-bond donors (Lipinski definition) is 0. The van der Waals surface area contributed by atoms with Crippen LogP contribution in [-0.2, 0) is 6.54 Å². The van der Waals surface area contributed by atoms with E-state index in [1.54, 1.807) is 54.2 Å². The van der Waals surface area contributed by atoms with Gasteiger partial charge in [0.05, 0.1) is 12.7 Å². The van der Waals surface area contributed by atoms with Gasteiger partial charge in [0.1, 0.15) is 5.03 Å². The van der Waals surface area contributed by atoms with Gasteiger partial charge in [0.25, 0.3) is 5.91 Å². The number of amides is 1. The van der Waals surface area contributed by atoms with Crippen LogP contribution in [0.2, 0.25) is 0 Å². The molecule has 0 N–H and O–H groups in total. The molecule has 1 aliphatic carbocycles. The fourth-order valence-corrected chi connectivity index (χ4v) is 4.66. The van der Waals surface area contributed by atoms with Gasteiger partial charge in [-0.3, -0.25) is 4.79 Å². The average molecular weight is 422 g/mol. The van der Waals surface area contributed by atoms with Crippen molar-refractivity contribution >= 4 is 17.7 Å². The highest BCUT2D eigenvalue weighted by Crippen LogP contribution is 2.35. The lowest BCUT2D eigenvalue weighted by Gasteiger charge is -2.20. The number of aromatic nitrogens is 1. The van der Waals surface area contributed by atoms with E-state index in [1.807, 2.05) is 0 Å². The summed E-state index contributed by atoms with van der Waals surface area (Å²) in [4.78, 5) is 19.0. The molecule has 0 saturated heterocycles. The van der Waals surface area contributed by atoms with Crippen molar-refractivity contribution in [2.45, 2.75) is 49.1 Å². The molecule has 1 heterocycles. The molecule has 0 radical (unpaired) electrons. The molecule has 1 fully saturated rings. The number of methoxy groups -OCH3 is 1. The first-order chi connectivity index (χ1) is 14.0. The number of hydrogen-bond acceptors (Lipinski definition) is 5. The topological polar surface area (TPSA) is 51.7 Å². The molecule has 0 atom stereocenters. The van der Waals surface area contributed by atoms with E-state index in [4.69, 9.17) is 4.74 Å². The zero-order valence-electron chi connectivity index (χ0n) is 16.4. The Kier molecular flexibility index (Phi) is 7.30. The van der Waals surface area contributed by atoms with Crippen LogP contribution >= 0.6 is 11.8 Å². The minimum atomic E-state index is -2.93. The zero-order chi connectivity index (χ0) is 20.8. The Morgan fingerprint density at radius 3 is 2.72 bits per heavy atom. The fourth-order valence-electron chi connectivity index (χ4n) is 3.37. The molecular weight excluding hydrogens is 398 g/mol.